The van der Waals surface area contributed by atoms with Crippen molar-refractivity contribution >= 4 is 10.2 Å². The number of nitrogens with one attached hydrogen (secondary N) is 1. The zero-order chi connectivity index (χ0) is 11.3. The molecule has 6 heteroatoms. The summed E-state index contributed by atoms with van der Waals surface area (Å²) >= 11 is 0. The molecule has 0 spiro atoms. The van der Waals surface area contributed by atoms with Crippen LogP contribution in [0.1, 0.15) is 26.2 Å². The molecule has 1 unspecified atom stereocenters. The van der Waals surface area contributed by atoms with Gasteiger partial charge < -0.3 is 5.11 Å². The van der Waals surface area contributed by atoms with Crippen molar-refractivity contribution in [2.45, 2.75) is 26.2 Å². The van der Waals surface area contributed by atoms with Crippen LogP contribution in [0.5, 0.6) is 0 Å². The van der Waals surface area contributed by atoms with Gasteiger partial charge in [0.2, 0.25) is 0 Å². The lowest BCUT2D eigenvalue weighted by Gasteiger charge is -2.31. The van der Waals surface area contributed by atoms with E-state index in [1.807, 2.05) is 0 Å². The van der Waals surface area contributed by atoms with E-state index in [1.54, 1.807) is 6.92 Å². The molecule has 0 aromatic carbocycles. The Balaban J connectivity index is 2.55. The van der Waals surface area contributed by atoms with Crippen LogP contribution < -0.4 is 4.72 Å². The highest BCUT2D eigenvalue weighted by molar-refractivity contribution is 7.87. The second-order valence-corrected chi connectivity index (χ2v) is 5.64. The summed E-state index contributed by atoms with van der Waals surface area (Å²) in [5.41, 5.74) is 0. The summed E-state index contributed by atoms with van der Waals surface area (Å²) in [4.78, 5) is 0. The van der Waals surface area contributed by atoms with E-state index in [0.717, 1.165) is 12.8 Å². The van der Waals surface area contributed by atoms with E-state index in [1.165, 1.54) is 4.31 Å². The normalized spacial score (nSPS) is 24.3. The monoisotopic (exact) mass is 236 g/mol. The SMILES string of the molecule is CCNS(=O)(=O)N1CCCC(CCO)C1. The van der Waals surface area contributed by atoms with Crippen LogP contribution >= 0.6 is 0 Å². The van der Waals surface area contributed by atoms with Gasteiger partial charge in [-0.25, -0.2) is 4.72 Å². The number of aliphatic hydroxyl groups excluding tert-OH is 1. The predicted molar refractivity (Wildman–Crippen MR) is 58.6 cm³/mol. The molecule has 0 aliphatic carbocycles. The van der Waals surface area contributed by atoms with Crippen molar-refractivity contribution in [2.24, 2.45) is 5.92 Å². The highest BCUT2D eigenvalue weighted by Gasteiger charge is 2.27. The Morgan fingerprint density at radius 2 is 2.27 bits per heavy atom. The standard InChI is InChI=1S/C9H20N2O3S/c1-2-10-15(13,14)11-6-3-4-9(8-11)5-7-12/h9-10,12H,2-8H2,1H3. The molecule has 0 aromatic heterocycles. The smallest absolute Gasteiger partial charge is 0.279 e. The maximum absolute atomic E-state index is 11.7. The molecule has 5 nitrogen and oxygen atoms in total. The predicted octanol–water partition coefficient (Wildman–Crippen LogP) is -0.0649. The molecule has 1 aliphatic heterocycles. The summed E-state index contributed by atoms with van der Waals surface area (Å²) in [6.45, 7) is 3.46. The third-order valence-corrected chi connectivity index (χ3v) is 4.35. The molecule has 1 fully saturated rings. The molecule has 90 valence electrons. The van der Waals surface area contributed by atoms with Crippen LogP contribution in [-0.4, -0.2) is 44.1 Å². The third-order valence-electron chi connectivity index (χ3n) is 2.69. The van der Waals surface area contributed by atoms with E-state index in [4.69, 9.17) is 5.11 Å². The van der Waals surface area contributed by atoms with Crippen LogP contribution in [0.3, 0.4) is 0 Å². The highest BCUT2D eigenvalue weighted by Crippen LogP contribution is 2.20. The molecule has 0 bridgehead atoms. The first-order chi connectivity index (χ1) is 7.10. The fourth-order valence-corrected chi connectivity index (χ4v) is 3.26. The van der Waals surface area contributed by atoms with E-state index >= 15 is 0 Å². The number of rotatable bonds is 5. The van der Waals surface area contributed by atoms with Gasteiger partial charge in [0.25, 0.3) is 10.2 Å². The number of nitrogens with zero attached hydrogens (tertiary/aromatic N) is 1. The lowest BCUT2D eigenvalue weighted by Crippen LogP contribution is -2.46. The van der Waals surface area contributed by atoms with Crippen molar-refractivity contribution in [2.75, 3.05) is 26.2 Å². The second kappa shape index (κ2) is 5.79. The Hall–Kier alpha value is -0.170. The average Bonchev–Trinajstić information content (AvgIpc) is 2.19. The van der Waals surface area contributed by atoms with E-state index in [-0.39, 0.29) is 6.61 Å². The molecule has 0 saturated carbocycles. The first kappa shape index (κ1) is 12.9. The van der Waals surface area contributed by atoms with E-state index in [2.05, 4.69) is 4.72 Å². The van der Waals surface area contributed by atoms with Gasteiger partial charge in [0, 0.05) is 26.2 Å². The van der Waals surface area contributed by atoms with Crippen molar-refractivity contribution in [3.8, 4) is 0 Å². The Kier molecular flexibility index (Phi) is 4.98. The largest absolute Gasteiger partial charge is 0.396 e. The first-order valence-corrected chi connectivity index (χ1v) is 6.89. The molecular weight excluding hydrogens is 216 g/mol. The zero-order valence-corrected chi connectivity index (χ0v) is 9.96. The second-order valence-electron chi connectivity index (χ2n) is 3.88. The van der Waals surface area contributed by atoms with Crippen LogP contribution in [0.2, 0.25) is 0 Å². The molecule has 2 N–H and O–H groups in total. The fourth-order valence-electron chi connectivity index (χ4n) is 1.94. The minimum absolute atomic E-state index is 0.139. The number of hydrogen-bond acceptors (Lipinski definition) is 3. The van der Waals surface area contributed by atoms with Gasteiger partial charge in [0.15, 0.2) is 0 Å². The number of piperidine rings is 1. The molecule has 1 heterocycles. The zero-order valence-electron chi connectivity index (χ0n) is 9.15. The van der Waals surface area contributed by atoms with Crippen molar-refractivity contribution in [1.29, 1.82) is 0 Å². The topological polar surface area (TPSA) is 69.6 Å². The molecule has 1 atom stereocenters. The number of hydrogen-bond donors (Lipinski definition) is 2. The minimum Gasteiger partial charge on any atom is -0.396 e. The molecule has 0 aromatic rings. The average molecular weight is 236 g/mol. The summed E-state index contributed by atoms with van der Waals surface area (Å²) in [6.07, 6.45) is 2.59. The molecule has 0 amide bonds. The van der Waals surface area contributed by atoms with Crippen molar-refractivity contribution in [1.82, 2.24) is 9.03 Å². The maximum Gasteiger partial charge on any atom is 0.279 e. The summed E-state index contributed by atoms with van der Waals surface area (Å²) in [7, 11) is -3.28. The Morgan fingerprint density at radius 1 is 1.53 bits per heavy atom. The van der Waals surface area contributed by atoms with Crippen LogP contribution in [0.4, 0.5) is 0 Å². The van der Waals surface area contributed by atoms with Crippen LogP contribution in [0.15, 0.2) is 0 Å². The summed E-state index contributed by atoms with van der Waals surface area (Å²) in [5.74, 6) is 0.303. The summed E-state index contributed by atoms with van der Waals surface area (Å²) < 4.78 is 27.4. The lowest BCUT2D eigenvalue weighted by atomic mass is 9.97. The quantitative estimate of drug-likeness (QED) is 0.702. The van der Waals surface area contributed by atoms with E-state index in [0.29, 0.717) is 32.0 Å². The van der Waals surface area contributed by atoms with Gasteiger partial charge >= 0.3 is 0 Å². The molecule has 1 rings (SSSR count). The van der Waals surface area contributed by atoms with Gasteiger partial charge in [-0.3, -0.25) is 0 Å². The molecular formula is C9H20N2O3S. The maximum atomic E-state index is 11.7. The van der Waals surface area contributed by atoms with Gasteiger partial charge in [-0.2, -0.15) is 12.7 Å². The molecule has 0 radical (unpaired) electrons. The first-order valence-electron chi connectivity index (χ1n) is 5.45. The van der Waals surface area contributed by atoms with Crippen LogP contribution in [-0.2, 0) is 10.2 Å². The van der Waals surface area contributed by atoms with E-state index < -0.39 is 10.2 Å². The highest BCUT2D eigenvalue weighted by atomic mass is 32.2. The number of aliphatic hydroxyl groups is 1. The van der Waals surface area contributed by atoms with Gasteiger partial charge in [-0.05, 0) is 25.2 Å². The van der Waals surface area contributed by atoms with Crippen molar-refractivity contribution in [3.05, 3.63) is 0 Å². The molecule has 1 saturated heterocycles. The molecule has 1 aliphatic rings. The van der Waals surface area contributed by atoms with Gasteiger partial charge in [-0.1, -0.05) is 6.92 Å². The van der Waals surface area contributed by atoms with E-state index in [9.17, 15) is 8.42 Å². The lowest BCUT2D eigenvalue weighted by molar-refractivity contribution is 0.202. The van der Waals surface area contributed by atoms with Gasteiger partial charge in [0.1, 0.15) is 0 Å². The van der Waals surface area contributed by atoms with Gasteiger partial charge in [-0.15, -0.1) is 0 Å². The van der Waals surface area contributed by atoms with Crippen molar-refractivity contribution in [3.63, 3.8) is 0 Å². The van der Waals surface area contributed by atoms with Crippen molar-refractivity contribution < 1.29 is 13.5 Å². The summed E-state index contributed by atoms with van der Waals surface area (Å²) in [5, 5.41) is 8.83. The third kappa shape index (κ3) is 3.71. The Labute approximate surface area is 91.7 Å². The summed E-state index contributed by atoms with van der Waals surface area (Å²) in [6, 6.07) is 0. The minimum atomic E-state index is -3.28. The molecule has 15 heavy (non-hydrogen) atoms. The fraction of sp³-hybridized carbons (Fsp3) is 1.00. The van der Waals surface area contributed by atoms with Crippen LogP contribution in [0.25, 0.3) is 0 Å². The van der Waals surface area contributed by atoms with Crippen LogP contribution in [0, 0.1) is 5.92 Å². The Bertz CT molecular complexity index is 277. The van der Waals surface area contributed by atoms with Gasteiger partial charge in [0.05, 0.1) is 0 Å². The Morgan fingerprint density at radius 3 is 2.87 bits per heavy atom.